The maximum atomic E-state index is 9.85. The minimum Gasteiger partial charge on any atom is -0.290 e. The zero-order chi connectivity index (χ0) is 6.57. The van der Waals surface area contributed by atoms with Crippen LogP contribution in [0.25, 0.3) is 0 Å². The molecule has 0 aliphatic rings. The highest BCUT2D eigenvalue weighted by atomic mass is 32.2. The summed E-state index contributed by atoms with van der Waals surface area (Å²) in [6.45, 7) is 3.45. The fraction of sp³-hybridized carbons (Fsp3) is 0.500. The smallest absolute Gasteiger partial charge is 0.222 e. The van der Waals surface area contributed by atoms with Crippen molar-refractivity contribution in [2.75, 3.05) is 0 Å². The Hall–Kier alpha value is -0.510. The van der Waals surface area contributed by atoms with Crippen LogP contribution >= 0.6 is 0 Å². The fourth-order valence-electron chi connectivity index (χ4n) is 0.209. The number of hydrogen-bond donors (Lipinski definition) is 2. The number of hydrogen-bond acceptors (Lipinski definition) is 2. The minimum atomic E-state index is -2.46. The Balaban J connectivity index is 3.74. The molecular formula is C4H9NO2S. The van der Waals surface area contributed by atoms with E-state index in [0.717, 1.165) is 0 Å². The van der Waals surface area contributed by atoms with Crippen molar-refractivity contribution >= 4 is 10.9 Å². The first-order chi connectivity index (χ1) is 3.66. The van der Waals surface area contributed by atoms with Crippen LogP contribution in [0.3, 0.4) is 0 Å². The van der Waals surface area contributed by atoms with Gasteiger partial charge < -0.3 is 0 Å². The zero-order valence-corrected chi connectivity index (χ0v) is 5.74. The largest absolute Gasteiger partial charge is 0.290 e. The summed E-state index contributed by atoms with van der Waals surface area (Å²) >= 11 is 0. The normalized spacial score (nSPS) is 12.1. The molecule has 0 heterocycles. The molecule has 0 rings (SSSR count). The number of rotatable bonds is 2. The quantitative estimate of drug-likeness (QED) is 0.524. The molecule has 0 aromatic carbocycles. The second-order valence-corrected chi connectivity index (χ2v) is 2.08. The molecule has 4 heteroatoms. The standard InChI is InChI=1S/C4H9NO2S/c1-3-4(2)5-8(6)7/h3,8H,1-2H3,(H,5,6,7). The van der Waals surface area contributed by atoms with Crippen LogP contribution in [0.5, 0.6) is 0 Å². The second kappa shape index (κ2) is 3.49. The third-order valence-electron chi connectivity index (χ3n) is 0.701. The number of nitrogens with one attached hydrogen (secondary N) is 1. The van der Waals surface area contributed by atoms with Crippen LogP contribution in [0, 0.1) is 0 Å². The molecule has 0 fully saturated rings. The lowest BCUT2D eigenvalue weighted by Crippen LogP contribution is -2.06. The lowest BCUT2D eigenvalue weighted by atomic mass is 10.5. The Bertz CT molecular complexity index is 151. The van der Waals surface area contributed by atoms with E-state index in [4.69, 9.17) is 0 Å². The fourth-order valence-corrected chi connectivity index (χ4v) is 0.626. The zero-order valence-electron chi connectivity index (χ0n) is 4.84. The van der Waals surface area contributed by atoms with Crippen molar-refractivity contribution in [2.45, 2.75) is 13.8 Å². The van der Waals surface area contributed by atoms with Gasteiger partial charge in [0.1, 0.15) is 0 Å². The monoisotopic (exact) mass is 135 g/mol. The molecule has 48 valence electrons. The number of thiol groups is 1. The van der Waals surface area contributed by atoms with Crippen molar-refractivity contribution < 1.29 is 8.42 Å². The third-order valence-corrected chi connectivity index (χ3v) is 1.24. The minimum absolute atomic E-state index is 0.654. The van der Waals surface area contributed by atoms with Crippen LogP contribution in [0.4, 0.5) is 0 Å². The first-order valence-corrected chi connectivity index (χ1v) is 3.38. The molecule has 0 radical (unpaired) electrons. The molecule has 0 aliphatic heterocycles. The molecule has 3 nitrogen and oxygen atoms in total. The summed E-state index contributed by atoms with van der Waals surface area (Å²) in [7, 11) is -2.46. The van der Waals surface area contributed by atoms with Gasteiger partial charge in [0.05, 0.1) is 0 Å². The highest BCUT2D eigenvalue weighted by Gasteiger charge is 1.80. The van der Waals surface area contributed by atoms with E-state index in [1.807, 2.05) is 0 Å². The van der Waals surface area contributed by atoms with Gasteiger partial charge >= 0.3 is 0 Å². The molecule has 0 unspecified atom stereocenters. The summed E-state index contributed by atoms with van der Waals surface area (Å²) in [6, 6.07) is 0. The van der Waals surface area contributed by atoms with Crippen LogP contribution in [0.15, 0.2) is 11.8 Å². The van der Waals surface area contributed by atoms with E-state index in [2.05, 4.69) is 4.72 Å². The highest BCUT2D eigenvalue weighted by Crippen LogP contribution is 1.81. The molecule has 0 saturated carbocycles. The van der Waals surface area contributed by atoms with E-state index in [-0.39, 0.29) is 0 Å². The second-order valence-electron chi connectivity index (χ2n) is 1.34. The van der Waals surface area contributed by atoms with Gasteiger partial charge in [-0.1, -0.05) is 6.08 Å². The van der Waals surface area contributed by atoms with Gasteiger partial charge in [0.15, 0.2) is 0 Å². The maximum absolute atomic E-state index is 9.85. The summed E-state index contributed by atoms with van der Waals surface area (Å²) in [5.74, 6) is 0. The van der Waals surface area contributed by atoms with E-state index in [0.29, 0.717) is 5.70 Å². The van der Waals surface area contributed by atoms with Crippen molar-refractivity contribution in [3.63, 3.8) is 0 Å². The molecule has 0 aromatic rings. The molecule has 8 heavy (non-hydrogen) atoms. The predicted octanol–water partition coefficient (Wildman–Crippen LogP) is 0.0261. The Morgan fingerprint density at radius 1 is 1.62 bits per heavy atom. The van der Waals surface area contributed by atoms with Crippen LogP contribution in [0.1, 0.15) is 13.8 Å². The first-order valence-electron chi connectivity index (χ1n) is 2.20. The topological polar surface area (TPSA) is 46.2 Å². The van der Waals surface area contributed by atoms with E-state index in [9.17, 15) is 8.42 Å². The average molecular weight is 135 g/mol. The van der Waals surface area contributed by atoms with Gasteiger partial charge in [-0.2, -0.15) is 0 Å². The van der Waals surface area contributed by atoms with E-state index < -0.39 is 10.9 Å². The van der Waals surface area contributed by atoms with Gasteiger partial charge in [0, 0.05) is 5.70 Å². The van der Waals surface area contributed by atoms with Crippen LogP contribution in [0.2, 0.25) is 0 Å². The van der Waals surface area contributed by atoms with Crippen LogP contribution in [-0.2, 0) is 10.9 Å². The van der Waals surface area contributed by atoms with Crippen molar-refractivity contribution in [3.8, 4) is 0 Å². The SMILES string of the molecule is CC=C(C)N[SH](=O)=O. The molecule has 0 aromatic heterocycles. The lowest BCUT2D eigenvalue weighted by molar-refractivity contribution is 0.608. The summed E-state index contributed by atoms with van der Waals surface area (Å²) in [5, 5.41) is 0. The molecule has 0 atom stereocenters. The van der Waals surface area contributed by atoms with Gasteiger partial charge in [-0.3, -0.25) is 4.72 Å². The Labute approximate surface area is 50.5 Å². The molecule has 0 bridgehead atoms. The molecule has 0 aliphatic carbocycles. The van der Waals surface area contributed by atoms with E-state index in [1.165, 1.54) is 0 Å². The van der Waals surface area contributed by atoms with Gasteiger partial charge in [-0.15, -0.1) is 0 Å². The number of allylic oxidation sites excluding steroid dienone is 2. The highest BCUT2D eigenvalue weighted by molar-refractivity contribution is 7.70. The molecule has 1 N–H and O–H groups in total. The average Bonchev–Trinajstić information content (AvgIpc) is 1.65. The summed E-state index contributed by atoms with van der Waals surface area (Å²) < 4.78 is 21.9. The van der Waals surface area contributed by atoms with Gasteiger partial charge in [0.25, 0.3) is 0 Å². The Morgan fingerprint density at radius 2 is 2.12 bits per heavy atom. The van der Waals surface area contributed by atoms with Crippen molar-refractivity contribution in [2.24, 2.45) is 0 Å². The Kier molecular flexibility index (Phi) is 3.26. The van der Waals surface area contributed by atoms with Gasteiger partial charge in [0.2, 0.25) is 10.9 Å². The molecule has 0 spiro atoms. The van der Waals surface area contributed by atoms with Crippen molar-refractivity contribution in [3.05, 3.63) is 11.8 Å². The maximum Gasteiger partial charge on any atom is 0.222 e. The van der Waals surface area contributed by atoms with E-state index in [1.54, 1.807) is 19.9 Å². The third kappa shape index (κ3) is 3.67. The molecule has 0 saturated heterocycles. The van der Waals surface area contributed by atoms with Crippen LogP contribution < -0.4 is 4.72 Å². The molecular weight excluding hydrogens is 126 g/mol. The van der Waals surface area contributed by atoms with Crippen LogP contribution in [-0.4, -0.2) is 8.42 Å². The first kappa shape index (κ1) is 7.49. The van der Waals surface area contributed by atoms with Crippen molar-refractivity contribution in [1.29, 1.82) is 0 Å². The lowest BCUT2D eigenvalue weighted by Gasteiger charge is -1.91. The summed E-state index contributed by atoms with van der Waals surface area (Å²) in [4.78, 5) is 0. The van der Waals surface area contributed by atoms with E-state index >= 15 is 0 Å². The molecule has 0 amide bonds. The summed E-state index contributed by atoms with van der Waals surface area (Å²) in [6.07, 6.45) is 1.69. The predicted molar refractivity (Wildman–Crippen MR) is 32.9 cm³/mol. The van der Waals surface area contributed by atoms with Crippen molar-refractivity contribution in [1.82, 2.24) is 4.72 Å². The Morgan fingerprint density at radius 3 is 2.25 bits per heavy atom. The summed E-state index contributed by atoms with van der Waals surface area (Å²) in [5.41, 5.74) is 0.654. The van der Waals surface area contributed by atoms with Gasteiger partial charge in [-0.25, -0.2) is 8.42 Å². The van der Waals surface area contributed by atoms with Gasteiger partial charge in [-0.05, 0) is 13.8 Å².